The zero-order chi connectivity index (χ0) is 14.8. The second kappa shape index (κ2) is 5.74. The summed E-state index contributed by atoms with van der Waals surface area (Å²) < 4.78 is 1.14. The minimum atomic E-state index is 0.762. The number of nitrogens with two attached hydrogens (primary N) is 1. The number of para-hydroxylation sites is 1. The summed E-state index contributed by atoms with van der Waals surface area (Å²) in [5, 5.41) is 4.53. The number of nitrogen functional groups attached to an aromatic ring is 1. The fraction of sp³-hybridized carbons (Fsp3) is 0.235. The molecule has 1 heterocycles. The molecule has 0 spiro atoms. The number of thiazole rings is 1. The molecule has 1 aromatic heterocycles. The lowest BCUT2D eigenvalue weighted by molar-refractivity contribution is 0.923. The Hall–Kier alpha value is -2.07. The summed E-state index contributed by atoms with van der Waals surface area (Å²) >= 11 is 1.67. The Bertz CT molecular complexity index is 777. The highest BCUT2D eigenvalue weighted by atomic mass is 32.1. The molecule has 0 saturated carbocycles. The SMILES string of the molecule is CCCc1ccccc1Nc1cc2nc(C)sc2cc1N. The fourth-order valence-corrected chi connectivity index (χ4v) is 3.35. The van der Waals surface area contributed by atoms with E-state index in [1.807, 2.05) is 25.1 Å². The quantitative estimate of drug-likeness (QED) is 0.675. The Morgan fingerprint density at radius 3 is 2.81 bits per heavy atom. The van der Waals surface area contributed by atoms with Crippen LogP contribution >= 0.6 is 11.3 Å². The van der Waals surface area contributed by atoms with Gasteiger partial charge in [0.1, 0.15) is 0 Å². The number of benzene rings is 2. The first-order chi connectivity index (χ1) is 10.2. The van der Waals surface area contributed by atoms with Crippen molar-refractivity contribution in [2.45, 2.75) is 26.7 Å². The molecule has 3 N–H and O–H groups in total. The molecule has 0 radical (unpaired) electrons. The van der Waals surface area contributed by atoms with E-state index in [4.69, 9.17) is 5.73 Å². The van der Waals surface area contributed by atoms with Crippen LogP contribution in [0.4, 0.5) is 17.1 Å². The third-order valence-electron chi connectivity index (χ3n) is 3.47. The minimum Gasteiger partial charge on any atom is -0.397 e. The Balaban J connectivity index is 1.99. The van der Waals surface area contributed by atoms with Gasteiger partial charge in [0.05, 0.1) is 26.6 Å². The molecule has 3 nitrogen and oxygen atoms in total. The maximum absolute atomic E-state index is 6.18. The molecule has 3 aromatic rings. The number of nitrogens with zero attached hydrogens (tertiary/aromatic N) is 1. The summed E-state index contributed by atoms with van der Waals surface area (Å²) in [6.07, 6.45) is 2.18. The van der Waals surface area contributed by atoms with Gasteiger partial charge in [-0.1, -0.05) is 31.5 Å². The van der Waals surface area contributed by atoms with Crippen molar-refractivity contribution in [3.63, 3.8) is 0 Å². The number of anilines is 3. The largest absolute Gasteiger partial charge is 0.397 e. The van der Waals surface area contributed by atoms with E-state index in [9.17, 15) is 0 Å². The second-order valence-electron chi connectivity index (χ2n) is 5.17. The Morgan fingerprint density at radius 1 is 1.19 bits per heavy atom. The first kappa shape index (κ1) is 13.9. The van der Waals surface area contributed by atoms with Gasteiger partial charge in [-0.25, -0.2) is 4.98 Å². The Morgan fingerprint density at radius 2 is 2.00 bits per heavy atom. The average Bonchev–Trinajstić information content (AvgIpc) is 2.81. The molecule has 0 unspecified atom stereocenters. The minimum absolute atomic E-state index is 0.762. The predicted molar refractivity (Wildman–Crippen MR) is 92.5 cm³/mol. The van der Waals surface area contributed by atoms with Gasteiger partial charge in [-0.3, -0.25) is 0 Å². The van der Waals surface area contributed by atoms with E-state index in [0.29, 0.717) is 0 Å². The summed E-state index contributed by atoms with van der Waals surface area (Å²) in [7, 11) is 0. The van der Waals surface area contributed by atoms with Gasteiger partial charge in [-0.05, 0) is 37.1 Å². The average molecular weight is 297 g/mol. The van der Waals surface area contributed by atoms with Crippen LogP contribution in [0.25, 0.3) is 10.2 Å². The van der Waals surface area contributed by atoms with Gasteiger partial charge in [-0.2, -0.15) is 0 Å². The van der Waals surface area contributed by atoms with E-state index in [-0.39, 0.29) is 0 Å². The summed E-state index contributed by atoms with van der Waals surface area (Å²) in [6.45, 7) is 4.21. The molecule has 2 aromatic carbocycles. The maximum atomic E-state index is 6.18. The highest BCUT2D eigenvalue weighted by Gasteiger charge is 2.08. The first-order valence-corrected chi connectivity index (χ1v) is 8.00. The molecule has 0 atom stereocenters. The van der Waals surface area contributed by atoms with Crippen molar-refractivity contribution in [3.05, 3.63) is 47.0 Å². The van der Waals surface area contributed by atoms with Crippen LogP contribution in [0.2, 0.25) is 0 Å². The normalized spacial score (nSPS) is 11.0. The molecule has 21 heavy (non-hydrogen) atoms. The van der Waals surface area contributed by atoms with E-state index < -0.39 is 0 Å². The smallest absolute Gasteiger partial charge is 0.0907 e. The van der Waals surface area contributed by atoms with E-state index >= 15 is 0 Å². The molecule has 108 valence electrons. The Kier molecular flexibility index (Phi) is 3.80. The van der Waals surface area contributed by atoms with Crippen LogP contribution in [-0.2, 0) is 6.42 Å². The van der Waals surface area contributed by atoms with Crippen LogP contribution in [0.5, 0.6) is 0 Å². The number of aromatic nitrogens is 1. The van der Waals surface area contributed by atoms with Crippen LogP contribution in [0.1, 0.15) is 23.9 Å². The van der Waals surface area contributed by atoms with E-state index in [1.54, 1.807) is 11.3 Å². The van der Waals surface area contributed by atoms with E-state index in [1.165, 1.54) is 5.56 Å². The molecule has 3 rings (SSSR count). The zero-order valence-corrected chi connectivity index (χ0v) is 13.1. The maximum Gasteiger partial charge on any atom is 0.0907 e. The summed E-state index contributed by atoms with van der Waals surface area (Å²) in [6, 6.07) is 12.4. The molecular formula is C17H19N3S. The lowest BCUT2D eigenvalue weighted by Crippen LogP contribution is -1.99. The van der Waals surface area contributed by atoms with Crippen molar-refractivity contribution >= 4 is 38.6 Å². The molecule has 0 fully saturated rings. The van der Waals surface area contributed by atoms with Crippen molar-refractivity contribution in [1.29, 1.82) is 0 Å². The van der Waals surface area contributed by atoms with Crippen molar-refractivity contribution in [2.24, 2.45) is 0 Å². The van der Waals surface area contributed by atoms with Crippen LogP contribution in [0.15, 0.2) is 36.4 Å². The molecule has 0 amide bonds. The van der Waals surface area contributed by atoms with Crippen molar-refractivity contribution < 1.29 is 0 Å². The van der Waals surface area contributed by atoms with Crippen LogP contribution in [0.3, 0.4) is 0 Å². The molecule has 0 aliphatic carbocycles. The van der Waals surface area contributed by atoms with Gasteiger partial charge in [0.15, 0.2) is 0 Å². The van der Waals surface area contributed by atoms with Gasteiger partial charge in [-0.15, -0.1) is 11.3 Å². The van der Waals surface area contributed by atoms with Crippen LogP contribution in [0, 0.1) is 6.92 Å². The standard InChI is InChI=1S/C17H19N3S/c1-3-6-12-7-4-5-8-14(12)20-15-10-16-17(9-13(15)18)21-11(2)19-16/h4-5,7-10,20H,3,6,18H2,1-2H3. The number of fused-ring (bicyclic) bond motifs is 1. The monoisotopic (exact) mass is 297 g/mol. The van der Waals surface area contributed by atoms with E-state index in [0.717, 1.165) is 45.1 Å². The first-order valence-electron chi connectivity index (χ1n) is 7.19. The van der Waals surface area contributed by atoms with Crippen LogP contribution in [-0.4, -0.2) is 4.98 Å². The highest BCUT2D eigenvalue weighted by Crippen LogP contribution is 2.32. The topological polar surface area (TPSA) is 50.9 Å². The zero-order valence-electron chi connectivity index (χ0n) is 12.3. The molecular weight excluding hydrogens is 278 g/mol. The van der Waals surface area contributed by atoms with Gasteiger partial charge in [0.2, 0.25) is 0 Å². The van der Waals surface area contributed by atoms with Crippen LogP contribution < -0.4 is 11.1 Å². The highest BCUT2D eigenvalue weighted by molar-refractivity contribution is 7.18. The van der Waals surface area contributed by atoms with Gasteiger partial charge < -0.3 is 11.1 Å². The summed E-state index contributed by atoms with van der Waals surface area (Å²) in [5.74, 6) is 0. The fourth-order valence-electron chi connectivity index (χ4n) is 2.49. The van der Waals surface area contributed by atoms with Gasteiger partial charge >= 0.3 is 0 Å². The van der Waals surface area contributed by atoms with Gasteiger partial charge in [0, 0.05) is 5.69 Å². The number of nitrogens with one attached hydrogen (secondary N) is 1. The van der Waals surface area contributed by atoms with Crippen molar-refractivity contribution in [1.82, 2.24) is 4.98 Å². The van der Waals surface area contributed by atoms with Gasteiger partial charge in [0.25, 0.3) is 0 Å². The number of hydrogen-bond acceptors (Lipinski definition) is 4. The van der Waals surface area contributed by atoms with Crippen molar-refractivity contribution in [2.75, 3.05) is 11.1 Å². The molecule has 0 saturated heterocycles. The number of aryl methyl sites for hydroxylation is 2. The number of hydrogen-bond donors (Lipinski definition) is 2. The number of rotatable bonds is 4. The molecule has 4 heteroatoms. The lowest BCUT2D eigenvalue weighted by atomic mass is 10.1. The molecule has 0 aliphatic rings. The third-order valence-corrected chi connectivity index (χ3v) is 4.41. The lowest BCUT2D eigenvalue weighted by Gasteiger charge is -2.13. The van der Waals surface area contributed by atoms with E-state index in [2.05, 4.69) is 35.4 Å². The predicted octanol–water partition coefficient (Wildman–Crippen LogP) is 4.88. The molecule has 0 bridgehead atoms. The molecule has 0 aliphatic heterocycles. The Labute approximate surface area is 128 Å². The summed E-state index contributed by atoms with van der Waals surface area (Å²) in [5.41, 5.74) is 11.3. The second-order valence-corrected chi connectivity index (χ2v) is 6.41. The summed E-state index contributed by atoms with van der Waals surface area (Å²) in [4.78, 5) is 4.54. The third kappa shape index (κ3) is 2.85. The van der Waals surface area contributed by atoms with Crippen molar-refractivity contribution in [3.8, 4) is 0 Å².